The van der Waals surface area contributed by atoms with Gasteiger partial charge in [-0.25, -0.2) is 0 Å². The largest absolute Gasteiger partial charge is 0.380 e. The molecule has 1 aliphatic rings. The van der Waals surface area contributed by atoms with Crippen molar-refractivity contribution in [2.45, 2.75) is 38.6 Å². The molecule has 2 unspecified atom stereocenters. The van der Waals surface area contributed by atoms with E-state index >= 15 is 0 Å². The van der Waals surface area contributed by atoms with E-state index in [4.69, 9.17) is 9.47 Å². The summed E-state index contributed by atoms with van der Waals surface area (Å²) in [5.74, 6) is 0. The zero-order chi connectivity index (χ0) is 13.0. The van der Waals surface area contributed by atoms with Crippen LogP contribution in [-0.4, -0.2) is 25.8 Å². The molecule has 18 heavy (non-hydrogen) atoms. The van der Waals surface area contributed by atoms with Gasteiger partial charge in [0.1, 0.15) is 0 Å². The third kappa shape index (κ3) is 3.10. The molecule has 0 amide bonds. The molecule has 1 saturated heterocycles. The van der Waals surface area contributed by atoms with Gasteiger partial charge in [0.2, 0.25) is 0 Å². The monoisotopic (exact) mass is 249 g/mol. The molecule has 1 aromatic rings. The lowest BCUT2D eigenvalue weighted by Crippen LogP contribution is -2.48. The molecule has 1 heterocycles. The van der Waals surface area contributed by atoms with Gasteiger partial charge in [-0.3, -0.25) is 0 Å². The lowest BCUT2D eigenvalue weighted by atomic mass is 9.98. The van der Waals surface area contributed by atoms with Gasteiger partial charge < -0.3 is 14.8 Å². The average molecular weight is 249 g/mol. The second-order valence-corrected chi connectivity index (χ2v) is 5.22. The highest BCUT2D eigenvalue weighted by molar-refractivity contribution is 5.25. The van der Waals surface area contributed by atoms with Crippen LogP contribution in [0.2, 0.25) is 0 Å². The quantitative estimate of drug-likeness (QED) is 0.890. The highest BCUT2D eigenvalue weighted by Crippen LogP contribution is 2.29. The van der Waals surface area contributed by atoms with Crippen LogP contribution >= 0.6 is 0 Å². The number of morpholine rings is 1. The fraction of sp³-hybridized carbons (Fsp3) is 0.600. The van der Waals surface area contributed by atoms with E-state index in [2.05, 4.69) is 43.4 Å². The Hall–Kier alpha value is -0.900. The summed E-state index contributed by atoms with van der Waals surface area (Å²) in [7, 11) is 1.72. The van der Waals surface area contributed by atoms with E-state index in [1.54, 1.807) is 7.11 Å². The van der Waals surface area contributed by atoms with Gasteiger partial charge in [0, 0.05) is 20.2 Å². The minimum atomic E-state index is -0.0554. The molecule has 0 spiro atoms. The van der Waals surface area contributed by atoms with Crippen molar-refractivity contribution >= 4 is 0 Å². The summed E-state index contributed by atoms with van der Waals surface area (Å²) >= 11 is 0. The molecule has 2 atom stereocenters. The van der Waals surface area contributed by atoms with Crippen LogP contribution in [-0.2, 0) is 16.1 Å². The molecular weight excluding hydrogens is 226 g/mol. The second-order valence-electron chi connectivity index (χ2n) is 5.22. The third-order valence-electron chi connectivity index (χ3n) is 3.64. The van der Waals surface area contributed by atoms with Gasteiger partial charge in [0.05, 0.1) is 18.3 Å². The molecule has 100 valence electrons. The lowest BCUT2D eigenvalue weighted by Gasteiger charge is -2.39. The lowest BCUT2D eigenvalue weighted by molar-refractivity contribution is -0.109. The van der Waals surface area contributed by atoms with E-state index in [0.29, 0.717) is 6.61 Å². The standard InChI is InChI=1S/C15H23NO2/c1-4-15(2)11-16-9-14(18-15)13-7-5-6-12(8-13)10-17-3/h5-8,14,16H,4,9-11H2,1-3H3. The Labute approximate surface area is 109 Å². The first-order valence-electron chi connectivity index (χ1n) is 6.63. The maximum Gasteiger partial charge on any atom is 0.0957 e. The van der Waals surface area contributed by atoms with Gasteiger partial charge in [-0.15, -0.1) is 0 Å². The predicted octanol–water partition coefficient (Wildman–Crippen LogP) is 2.66. The minimum absolute atomic E-state index is 0.0554. The average Bonchev–Trinajstić information content (AvgIpc) is 2.40. The van der Waals surface area contributed by atoms with E-state index in [0.717, 1.165) is 19.5 Å². The molecule has 0 saturated carbocycles. The summed E-state index contributed by atoms with van der Waals surface area (Å²) in [6.07, 6.45) is 1.16. The van der Waals surface area contributed by atoms with E-state index in [-0.39, 0.29) is 11.7 Å². The molecule has 3 heteroatoms. The van der Waals surface area contributed by atoms with Gasteiger partial charge in [-0.1, -0.05) is 31.2 Å². The first-order valence-corrected chi connectivity index (χ1v) is 6.63. The van der Waals surface area contributed by atoms with Crippen molar-refractivity contribution in [3.63, 3.8) is 0 Å². The first kappa shape index (κ1) is 13.5. The minimum Gasteiger partial charge on any atom is -0.380 e. The van der Waals surface area contributed by atoms with Gasteiger partial charge >= 0.3 is 0 Å². The van der Waals surface area contributed by atoms with Crippen molar-refractivity contribution in [3.8, 4) is 0 Å². The number of methoxy groups -OCH3 is 1. The van der Waals surface area contributed by atoms with Gasteiger partial charge in [-0.2, -0.15) is 0 Å². The molecule has 1 fully saturated rings. The van der Waals surface area contributed by atoms with Crippen LogP contribution in [0.1, 0.15) is 37.5 Å². The van der Waals surface area contributed by atoms with Crippen LogP contribution in [0.25, 0.3) is 0 Å². The van der Waals surface area contributed by atoms with Crippen molar-refractivity contribution in [2.75, 3.05) is 20.2 Å². The fourth-order valence-corrected chi connectivity index (χ4v) is 2.34. The van der Waals surface area contributed by atoms with Crippen molar-refractivity contribution in [1.82, 2.24) is 5.32 Å². The van der Waals surface area contributed by atoms with Crippen LogP contribution in [0.3, 0.4) is 0 Å². The Bertz CT molecular complexity index is 394. The summed E-state index contributed by atoms with van der Waals surface area (Å²) in [5, 5.41) is 3.47. The Morgan fingerprint density at radius 1 is 1.50 bits per heavy atom. The fourth-order valence-electron chi connectivity index (χ4n) is 2.34. The van der Waals surface area contributed by atoms with Gasteiger partial charge in [0.15, 0.2) is 0 Å². The molecule has 0 radical (unpaired) electrons. The zero-order valence-electron chi connectivity index (χ0n) is 11.5. The highest BCUT2D eigenvalue weighted by atomic mass is 16.5. The summed E-state index contributed by atoms with van der Waals surface area (Å²) < 4.78 is 11.4. The smallest absolute Gasteiger partial charge is 0.0957 e. The van der Waals surface area contributed by atoms with E-state index in [9.17, 15) is 0 Å². The number of rotatable bonds is 4. The van der Waals surface area contributed by atoms with Crippen LogP contribution in [0.15, 0.2) is 24.3 Å². The summed E-state index contributed by atoms with van der Waals surface area (Å²) in [6.45, 7) is 6.80. The maximum atomic E-state index is 6.24. The van der Waals surface area contributed by atoms with Crippen LogP contribution in [0.5, 0.6) is 0 Å². The molecule has 3 nitrogen and oxygen atoms in total. The summed E-state index contributed by atoms with van der Waals surface area (Å²) in [6, 6.07) is 8.47. The van der Waals surface area contributed by atoms with Crippen molar-refractivity contribution in [3.05, 3.63) is 35.4 Å². The van der Waals surface area contributed by atoms with Crippen molar-refractivity contribution < 1.29 is 9.47 Å². The van der Waals surface area contributed by atoms with Crippen LogP contribution in [0, 0.1) is 0 Å². The number of nitrogens with one attached hydrogen (secondary N) is 1. The number of hydrogen-bond donors (Lipinski definition) is 1. The molecule has 0 bridgehead atoms. The highest BCUT2D eigenvalue weighted by Gasteiger charge is 2.31. The van der Waals surface area contributed by atoms with Crippen molar-refractivity contribution in [2.24, 2.45) is 0 Å². The van der Waals surface area contributed by atoms with Gasteiger partial charge in [0.25, 0.3) is 0 Å². The molecule has 1 N–H and O–H groups in total. The molecular formula is C15H23NO2. The second kappa shape index (κ2) is 5.83. The van der Waals surface area contributed by atoms with Crippen LogP contribution in [0.4, 0.5) is 0 Å². The zero-order valence-corrected chi connectivity index (χ0v) is 11.5. The Morgan fingerprint density at radius 2 is 2.33 bits per heavy atom. The Morgan fingerprint density at radius 3 is 3.06 bits per heavy atom. The topological polar surface area (TPSA) is 30.5 Å². The van der Waals surface area contributed by atoms with Gasteiger partial charge in [-0.05, 0) is 24.5 Å². The summed E-state index contributed by atoms with van der Waals surface area (Å²) in [5.41, 5.74) is 2.37. The number of hydrogen-bond acceptors (Lipinski definition) is 3. The third-order valence-corrected chi connectivity index (χ3v) is 3.64. The van der Waals surface area contributed by atoms with Crippen LogP contribution < -0.4 is 5.32 Å². The van der Waals surface area contributed by atoms with E-state index in [1.807, 2.05) is 0 Å². The maximum absolute atomic E-state index is 6.24. The Kier molecular flexibility index (Phi) is 4.38. The molecule has 0 aliphatic carbocycles. The SMILES string of the molecule is CCC1(C)CNCC(c2cccc(COC)c2)O1. The molecule has 1 aromatic carbocycles. The predicted molar refractivity (Wildman–Crippen MR) is 72.5 cm³/mol. The first-order chi connectivity index (χ1) is 8.67. The van der Waals surface area contributed by atoms with E-state index in [1.165, 1.54) is 11.1 Å². The Balaban J connectivity index is 2.13. The molecule has 1 aliphatic heterocycles. The summed E-state index contributed by atoms with van der Waals surface area (Å²) in [4.78, 5) is 0. The van der Waals surface area contributed by atoms with E-state index < -0.39 is 0 Å². The normalized spacial score (nSPS) is 28.3. The number of ether oxygens (including phenoxy) is 2. The molecule has 2 rings (SSSR count). The number of benzene rings is 1. The van der Waals surface area contributed by atoms with Crippen molar-refractivity contribution in [1.29, 1.82) is 0 Å². The molecule has 0 aromatic heterocycles.